The maximum absolute atomic E-state index is 12.0. The van der Waals surface area contributed by atoms with Crippen LogP contribution in [0.2, 0.25) is 0 Å². The Kier molecular flexibility index (Phi) is 7.37. The Hall–Kier alpha value is -2.44. The van der Waals surface area contributed by atoms with Crippen molar-refractivity contribution >= 4 is 17.8 Å². The number of benzene rings is 1. The number of nitrogens with zero attached hydrogens (tertiary/aromatic N) is 2. The van der Waals surface area contributed by atoms with Gasteiger partial charge in [0.15, 0.2) is 0 Å². The van der Waals surface area contributed by atoms with Gasteiger partial charge in [-0.25, -0.2) is 9.59 Å². The van der Waals surface area contributed by atoms with Crippen molar-refractivity contribution in [1.29, 1.82) is 0 Å². The number of carbonyl (C=O) groups is 2. The van der Waals surface area contributed by atoms with E-state index in [-0.39, 0.29) is 18.2 Å². The zero-order valence-corrected chi connectivity index (χ0v) is 15.0. The van der Waals surface area contributed by atoms with E-state index >= 15 is 0 Å². The largest absolute Gasteiger partial charge is 0.450 e. The predicted octanol–water partition coefficient (Wildman–Crippen LogP) is 2.04. The minimum Gasteiger partial charge on any atom is -0.450 e. The summed E-state index contributed by atoms with van der Waals surface area (Å²) in [5, 5.41) is 5.86. The molecule has 1 saturated heterocycles. The van der Waals surface area contributed by atoms with Crippen LogP contribution < -0.4 is 15.5 Å². The second-order valence-electron chi connectivity index (χ2n) is 6.12. The molecule has 1 heterocycles. The second-order valence-corrected chi connectivity index (χ2v) is 6.12. The van der Waals surface area contributed by atoms with Crippen LogP contribution in [-0.4, -0.2) is 62.9 Å². The van der Waals surface area contributed by atoms with Gasteiger partial charge in [-0.1, -0.05) is 18.2 Å². The molecule has 1 aliphatic heterocycles. The van der Waals surface area contributed by atoms with Crippen molar-refractivity contribution in [2.24, 2.45) is 0 Å². The number of carbonyl (C=O) groups excluding carboxylic acids is 2. The molecule has 0 radical (unpaired) electrons. The monoisotopic (exact) mass is 348 g/mol. The van der Waals surface area contributed by atoms with Crippen LogP contribution in [0.1, 0.15) is 19.8 Å². The lowest BCUT2D eigenvalue weighted by atomic mass is 10.1. The predicted molar refractivity (Wildman–Crippen MR) is 97.9 cm³/mol. The van der Waals surface area contributed by atoms with Crippen LogP contribution in [0.25, 0.3) is 0 Å². The molecule has 0 unspecified atom stereocenters. The van der Waals surface area contributed by atoms with Crippen LogP contribution in [0, 0.1) is 0 Å². The summed E-state index contributed by atoms with van der Waals surface area (Å²) in [5.41, 5.74) is 1.12. The number of nitrogens with one attached hydrogen (secondary N) is 2. The molecule has 2 N–H and O–H groups in total. The number of urea groups is 1. The van der Waals surface area contributed by atoms with Crippen LogP contribution >= 0.6 is 0 Å². The summed E-state index contributed by atoms with van der Waals surface area (Å²) in [4.78, 5) is 27.4. The van der Waals surface area contributed by atoms with Gasteiger partial charge in [0.1, 0.15) is 0 Å². The summed E-state index contributed by atoms with van der Waals surface area (Å²) >= 11 is 0. The highest BCUT2D eigenvalue weighted by Crippen LogP contribution is 2.12. The number of likely N-dealkylation sites (N-methyl/N-ethyl adjacent to an activating group) is 1. The Bertz CT molecular complexity index is 545. The molecular formula is C18H28N4O3. The number of amides is 3. The Morgan fingerprint density at radius 3 is 2.56 bits per heavy atom. The molecule has 0 spiro atoms. The minimum absolute atomic E-state index is 0.0949. The fraction of sp³-hybridized carbons (Fsp3) is 0.556. The van der Waals surface area contributed by atoms with Gasteiger partial charge in [0.25, 0.3) is 0 Å². The summed E-state index contributed by atoms with van der Waals surface area (Å²) in [6, 6.07) is 9.99. The molecule has 3 amide bonds. The molecule has 2 rings (SSSR count). The SMILES string of the molecule is CCOC(=O)N1CCC(NC(=O)NCCN(C)c2ccccc2)CC1. The molecule has 0 aromatic heterocycles. The topological polar surface area (TPSA) is 73.9 Å². The molecule has 25 heavy (non-hydrogen) atoms. The highest BCUT2D eigenvalue weighted by molar-refractivity contribution is 5.74. The molecule has 138 valence electrons. The third-order valence-electron chi connectivity index (χ3n) is 4.29. The Labute approximate surface area is 149 Å². The van der Waals surface area contributed by atoms with Crippen molar-refractivity contribution in [3.05, 3.63) is 30.3 Å². The highest BCUT2D eigenvalue weighted by atomic mass is 16.6. The molecule has 0 bridgehead atoms. The normalized spacial score (nSPS) is 14.7. The molecular weight excluding hydrogens is 320 g/mol. The molecule has 7 heteroatoms. The molecule has 1 aromatic rings. The molecule has 0 saturated carbocycles. The van der Waals surface area contributed by atoms with Gasteiger partial charge in [-0.05, 0) is 31.9 Å². The molecule has 1 fully saturated rings. The molecule has 0 atom stereocenters. The van der Waals surface area contributed by atoms with E-state index in [9.17, 15) is 9.59 Å². The van der Waals surface area contributed by atoms with E-state index in [1.807, 2.05) is 37.4 Å². The van der Waals surface area contributed by atoms with Crippen molar-refractivity contribution in [3.63, 3.8) is 0 Å². The van der Waals surface area contributed by atoms with Crippen LogP contribution in [0.15, 0.2) is 30.3 Å². The van der Waals surface area contributed by atoms with Crippen LogP contribution in [-0.2, 0) is 4.74 Å². The zero-order valence-electron chi connectivity index (χ0n) is 15.0. The molecule has 0 aliphatic carbocycles. The van der Waals surface area contributed by atoms with Crippen LogP contribution in [0.5, 0.6) is 0 Å². The van der Waals surface area contributed by atoms with E-state index in [1.54, 1.807) is 11.8 Å². The Morgan fingerprint density at radius 2 is 1.92 bits per heavy atom. The molecule has 7 nitrogen and oxygen atoms in total. The van der Waals surface area contributed by atoms with Crippen LogP contribution in [0.3, 0.4) is 0 Å². The smallest absolute Gasteiger partial charge is 0.409 e. The van der Waals surface area contributed by atoms with Crippen molar-refractivity contribution < 1.29 is 14.3 Å². The first kappa shape index (κ1) is 18.9. The zero-order chi connectivity index (χ0) is 18.1. The average Bonchev–Trinajstić information content (AvgIpc) is 2.63. The number of rotatable bonds is 6. The highest BCUT2D eigenvalue weighted by Gasteiger charge is 2.24. The van der Waals surface area contributed by atoms with E-state index in [1.165, 1.54) is 0 Å². The van der Waals surface area contributed by atoms with Gasteiger partial charge in [0, 0.05) is 45.0 Å². The lowest BCUT2D eigenvalue weighted by Gasteiger charge is -2.31. The molecule has 1 aliphatic rings. The fourth-order valence-corrected chi connectivity index (χ4v) is 2.81. The summed E-state index contributed by atoms with van der Waals surface area (Å²) in [6.07, 6.45) is 1.22. The minimum atomic E-state index is -0.269. The third-order valence-corrected chi connectivity index (χ3v) is 4.29. The quantitative estimate of drug-likeness (QED) is 0.825. The van der Waals surface area contributed by atoms with Crippen molar-refractivity contribution in [2.75, 3.05) is 44.7 Å². The van der Waals surface area contributed by atoms with E-state index in [0.717, 1.165) is 25.1 Å². The number of ether oxygens (including phenoxy) is 1. The lowest BCUT2D eigenvalue weighted by molar-refractivity contribution is 0.0957. The van der Waals surface area contributed by atoms with E-state index < -0.39 is 0 Å². The van der Waals surface area contributed by atoms with Crippen molar-refractivity contribution in [1.82, 2.24) is 15.5 Å². The standard InChI is InChI=1S/C18H28N4O3/c1-3-25-18(24)22-12-9-15(10-13-22)20-17(23)19-11-14-21(2)16-7-5-4-6-8-16/h4-8,15H,3,9-14H2,1-2H3,(H2,19,20,23). The number of hydrogen-bond donors (Lipinski definition) is 2. The third kappa shape index (κ3) is 6.17. The summed E-state index contributed by atoms with van der Waals surface area (Å²) in [6.45, 7) is 4.71. The van der Waals surface area contributed by atoms with Gasteiger partial charge in [-0.3, -0.25) is 0 Å². The summed E-state index contributed by atoms with van der Waals surface area (Å²) in [7, 11) is 2.00. The molecule has 1 aromatic carbocycles. The maximum Gasteiger partial charge on any atom is 0.409 e. The maximum atomic E-state index is 12.0. The average molecular weight is 348 g/mol. The number of piperidine rings is 1. The summed E-state index contributed by atoms with van der Waals surface area (Å²) in [5.74, 6) is 0. The van der Waals surface area contributed by atoms with Gasteiger partial charge >= 0.3 is 12.1 Å². The van der Waals surface area contributed by atoms with Crippen molar-refractivity contribution in [3.8, 4) is 0 Å². The first-order chi connectivity index (χ1) is 12.1. The summed E-state index contributed by atoms with van der Waals surface area (Å²) < 4.78 is 4.99. The number of hydrogen-bond acceptors (Lipinski definition) is 4. The van der Waals surface area contributed by atoms with E-state index in [2.05, 4.69) is 15.5 Å². The van der Waals surface area contributed by atoms with Crippen molar-refractivity contribution in [2.45, 2.75) is 25.8 Å². The van der Waals surface area contributed by atoms with Gasteiger partial charge in [-0.2, -0.15) is 0 Å². The Morgan fingerprint density at radius 1 is 1.24 bits per heavy atom. The number of para-hydroxylation sites is 1. The van der Waals surface area contributed by atoms with Gasteiger partial charge in [0.2, 0.25) is 0 Å². The van der Waals surface area contributed by atoms with E-state index in [4.69, 9.17) is 4.74 Å². The second kappa shape index (κ2) is 9.76. The first-order valence-electron chi connectivity index (χ1n) is 8.82. The van der Waals surface area contributed by atoms with Crippen LogP contribution in [0.4, 0.5) is 15.3 Å². The fourth-order valence-electron chi connectivity index (χ4n) is 2.81. The van der Waals surface area contributed by atoms with Gasteiger partial charge in [-0.15, -0.1) is 0 Å². The van der Waals surface area contributed by atoms with Gasteiger partial charge in [0.05, 0.1) is 6.61 Å². The first-order valence-corrected chi connectivity index (χ1v) is 8.82. The number of likely N-dealkylation sites (tertiary alicyclic amines) is 1. The van der Waals surface area contributed by atoms with E-state index in [0.29, 0.717) is 26.2 Å². The lowest BCUT2D eigenvalue weighted by Crippen LogP contribution is -2.50. The Balaban J connectivity index is 1.62. The number of anilines is 1. The van der Waals surface area contributed by atoms with Gasteiger partial charge < -0.3 is 25.2 Å².